The van der Waals surface area contributed by atoms with Gasteiger partial charge in [0.2, 0.25) is 0 Å². The standard InChI is InChI=1S/C11H9FN2/c1-2-7-14-11(8-13)9-5-3-4-6-10(9)12/h1,3-6,11,14H,7H2. The lowest BCUT2D eigenvalue weighted by atomic mass is 10.1. The molecule has 0 spiro atoms. The molecule has 1 atom stereocenters. The van der Waals surface area contributed by atoms with E-state index in [-0.39, 0.29) is 6.54 Å². The van der Waals surface area contributed by atoms with Crippen molar-refractivity contribution in [1.82, 2.24) is 5.32 Å². The van der Waals surface area contributed by atoms with Gasteiger partial charge in [-0.05, 0) is 6.07 Å². The molecule has 0 aliphatic heterocycles. The molecule has 14 heavy (non-hydrogen) atoms. The van der Waals surface area contributed by atoms with Crippen LogP contribution in [0.4, 0.5) is 4.39 Å². The molecule has 0 bridgehead atoms. The molecule has 0 saturated carbocycles. The van der Waals surface area contributed by atoms with Gasteiger partial charge in [-0.25, -0.2) is 4.39 Å². The van der Waals surface area contributed by atoms with E-state index in [1.165, 1.54) is 6.07 Å². The lowest BCUT2D eigenvalue weighted by Crippen LogP contribution is -2.21. The van der Waals surface area contributed by atoms with Crippen LogP contribution in [0.1, 0.15) is 11.6 Å². The summed E-state index contributed by atoms with van der Waals surface area (Å²) < 4.78 is 13.2. The van der Waals surface area contributed by atoms with Crippen molar-refractivity contribution < 1.29 is 4.39 Å². The van der Waals surface area contributed by atoms with Crippen molar-refractivity contribution >= 4 is 0 Å². The third kappa shape index (κ3) is 2.32. The molecule has 0 aromatic heterocycles. The van der Waals surface area contributed by atoms with Crippen LogP contribution in [0, 0.1) is 29.5 Å². The van der Waals surface area contributed by atoms with E-state index in [4.69, 9.17) is 11.7 Å². The summed E-state index contributed by atoms with van der Waals surface area (Å²) in [5, 5.41) is 11.5. The largest absolute Gasteiger partial charge is 0.287 e. The van der Waals surface area contributed by atoms with Gasteiger partial charge in [-0.3, -0.25) is 5.32 Å². The third-order valence-corrected chi connectivity index (χ3v) is 1.75. The van der Waals surface area contributed by atoms with Gasteiger partial charge in [0.05, 0.1) is 12.6 Å². The maximum atomic E-state index is 13.2. The van der Waals surface area contributed by atoms with Gasteiger partial charge in [-0.2, -0.15) is 5.26 Å². The van der Waals surface area contributed by atoms with Crippen molar-refractivity contribution in [1.29, 1.82) is 5.26 Å². The van der Waals surface area contributed by atoms with Crippen LogP contribution in [0.5, 0.6) is 0 Å². The van der Waals surface area contributed by atoms with Crippen molar-refractivity contribution in [3.63, 3.8) is 0 Å². The van der Waals surface area contributed by atoms with Crippen LogP contribution < -0.4 is 5.32 Å². The van der Waals surface area contributed by atoms with Gasteiger partial charge < -0.3 is 0 Å². The zero-order valence-corrected chi connectivity index (χ0v) is 7.50. The van der Waals surface area contributed by atoms with E-state index in [0.29, 0.717) is 5.56 Å². The van der Waals surface area contributed by atoms with Crippen molar-refractivity contribution in [3.8, 4) is 18.4 Å². The van der Waals surface area contributed by atoms with Crippen LogP contribution in [-0.2, 0) is 0 Å². The number of benzene rings is 1. The van der Waals surface area contributed by atoms with Crippen molar-refractivity contribution in [2.75, 3.05) is 6.54 Å². The summed E-state index contributed by atoms with van der Waals surface area (Å²) in [5.41, 5.74) is 0.324. The number of rotatable bonds is 3. The SMILES string of the molecule is C#CCNC(C#N)c1ccccc1F. The van der Waals surface area contributed by atoms with Crippen LogP contribution in [-0.4, -0.2) is 6.54 Å². The van der Waals surface area contributed by atoms with Gasteiger partial charge in [0, 0.05) is 5.56 Å². The Morgan fingerprint density at radius 2 is 2.21 bits per heavy atom. The molecule has 0 fully saturated rings. The quantitative estimate of drug-likeness (QED) is 0.731. The fraction of sp³-hybridized carbons (Fsp3) is 0.182. The summed E-state index contributed by atoms with van der Waals surface area (Å²) in [7, 11) is 0. The maximum absolute atomic E-state index is 13.2. The molecule has 3 heteroatoms. The highest BCUT2D eigenvalue weighted by Crippen LogP contribution is 2.15. The Morgan fingerprint density at radius 3 is 2.79 bits per heavy atom. The summed E-state index contributed by atoms with van der Waals surface area (Å²) in [6, 6.07) is 7.40. The van der Waals surface area contributed by atoms with Crippen LogP contribution in [0.15, 0.2) is 24.3 Å². The molecule has 0 saturated heterocycles. The van der Waals surface area contributed by atoms with Crippen molar-refractivity contribution in [2.45, 2.75) is 6.04 Å². The van der Waals surface area contributed by atoms with E-state index in [1.54, 1.807) is 18.2 Å². The minimum Gasteiger partial charge on any atom is -0.287 e. The third-order valence-electron chi connectivity index (χ3n) is 1.75. The van der Waals surface area contributed by atoms with E-state index in [9.17, 15) is 4.39 Å². The average Bonchev–Trinajstić information content (AvgIpc) is 2.21. The van der Waals surface area contributed by atoms with Crippen LogP contribution in [0.2, 0.25) is 0 Å². The monoisotopic (exact) mass is 188 g/mol. The number of hydrogen-bond donors (Lipinski definition) is 1. The predicted molar refractivity (Wildman–Crippen MR) is 51.6 cm³/mol. The summed E-state index contributed by atoms with van der Waals surface area (Å²) in [6.07, 6.45) is 5.03. The lowest BCUT2D eigenvalue weighted by Gasteiger charge is -2.09. The number of nitrogens with one attached hydrogen (secondary N) is 1. The lowest BCUT2D eigenvalue weighted by molar-refractivity contribution is 0.579. The first-order chi connectivity index (χ1) is 6.79. The molecular weight excluding hydrogens is 179 g/mol. The first-order valence-corrected chi connectivity index (χ1v) is 4.10. The minimum absolute atomic E-state index is 0.243. The van der Waals surface area contributed by atoms with Gasteiger partial charge in [0.1, 0.15) is 11.9 Å². The molecule has 1 aromatic rings. The van der Waals surface area contributed by atoms with Crippen LogP contribution in [0.3, 0.4) is 0 Å². The second-order valence-electron chi connectivity index (χ2n) is 2.67. The van der Waals surface area contributed by atoms with Gasteiger partial charge in [-0.1, -0.05) is 24.1 Å². The molecule has 70 valence electrons. The van der Waals surface area contributed by atoms with Crippen molar-refractivity contribution in [3.05, 3.63) is 35.6 Å². The summed E-state index contributed by atoms with van der Waals surface area (Å²) in [4.78, 5) is 0. The summed E-state index contributed by atoms with van der Waals surface area (Å²) in [6.45, 7) is 0.243. The molecule has 1 unspecified atom stereocenters. The number of hydrogen-bond acceptors (Lipinski definition) is 2. The van der Waals surface area contributed by atoms with Gasteiger partial charge in [0.15, 0.2) is 0 Å². The number of halogens is 1. The van der Waals surface area contributed by atoms with E-state index in [0.717, 1.165) is 0 Å². The normalized spacial score (nSPS) is 11.4. The molecule has 0 amide bonds. The predicted octanol–water partition coefficient (Wildman–Crippen LogP) is 1.61. The average molecular weight is 188 g/mol. The van der Waals surface area contributed by atoms with Gasteiger partial charge in [-0.15, -0.1) is 6.42 Å². The van der Waals surface area contributed by atoms with E-state index >= 15 is 0 Å². The molecule has 1 rings (SSSR count). The zero-order chi connectivity index (χ0) is 10.4. The van der Waals surface area contributed by atoms with E-state index < -0.39 is 11.9 Å². The van der Waals surface area contributed by atoms with Gasteiger partial charge >= 0.3 is 0 Å². The highest BCUT2D eigenvalue weighted by atomic mass is 19.1. The van der Waals surface area contributed by atoms with E-state index in [1.807, 2.05) is 6.07 Å². The smallest absolute Gasteiger partial charge is 0.129 e. The Hall–Kier alpha value is -1.84. The summed E-state index contributed by atoms with van der Waals surface area (Å²) in [5.74, 6) is 1.94. The van der Waals surface area contributed by atoms with E-state index in [2.05, 4.69) is 11.2 Å². The molecule has 2 nitrogen and oxygen atoms in total. The van der Waals surface area contributed by atoms with Crippen LogP contribution >= 0.6 is 0 Å². The Balaban J connectivity index is 2.86. The molecule has 1 N–H and O–H groups in total. The Morgan fingerprint density at radius 1 is 1.50 bits per heavy atom. The Bertz CT molecular complexity index is 387. The summed E-state index contributed by atoms with van der Waals surface area (Å²) >= 11 is 0. The molecule has 0 aliphatic rings. The number of nitrogens with zero attached hydrogens (tertiary/aromatic N) is 1. The molecular formula is C11H9FN2. The fourth-order valence-electron chi connectivity index (χ4n) is 1.10. The Labute approximate surface area is 82.4 Å². The molecule has 0 heterocycles. The number of nitriles is 1. The highest BCUT2D eigenvalue weighted by molar-refractivity contribution is 5.25. The molecule has 0 aliphatic carbocycles. The molecule has 1 aromatic carbocycles. The minimum atomic E-state index is -0.688. The second-order valence-corrected chi connectivity index (χ2v) is 2.67. The van der Waals surface area contributed by atoms with Crippen LogP contribution in [0.25, 0.3) is 0 Å². The van der Waals surface area contributed by atoms with Crippen molar-refractivity contribution in [2.24, 2.45) is 0 Å². The first-order valence-electron chi connectivity index (χ1n) is 4.10. The fourth-order valence-corrected chi connectivity index (χ4v) is 1.10. The number of terminal acetylenes is 1. The molecule has 0 radical (unpaired) electrons. The topological polar surface area (TPSA) is 35.8 Å². The zero-order valence-electron chi connectivity index (χ0n) is 7.50. The highest BCUT2D eigenvalue weighted by Gasteiger charge is 2.12. The second kappa shape index (κ2) is 5.01. The maximum Gasteiger partial charge on any atom is 0.129 e. The van der Waals surface area contributed by atoms with Gasteiger partial charge in [0.25, 0.3) is 0 Å². The Kier molecular flexibility index (Phi) is 3.67. The first kappa shape index (κ1) is 10.2.